The first-order chi connectivity index (χ1) is 12.5. The van der Waals surface area contributed by atoms with Crippen molar-refractivity contribution in [2.45, 2.75) is 46.5 Å². The van der Waals surface area contributed by atoms with E-state index < -0.39 is 0 Å². The van der Waals surface area contributed by atoms with Gasteiger partial charge in [0.15, 0.2) is 0 Å². The zero-order valence-corrected chi connectivity index (χ0v) is 17.1. The minimum atomic E-state index is 0.642. The van der Waals surface area contributed by atoms with Crippen LogP contribution in [0, 0.1) is 11.8 Å². The van der Waals surface area contributed by atoms with Crippen LogP contribution in [0.25, 0.3) is 10.2 Å². The number of ether oxygens (including phenoxy) is 1. The van der Waals surface area contributed by atoms with Gasteiger partial charge in [-0.2, -0.15) is 0 Å². The van der Waals surface area contributed by atoms with Crippen LogP contribution in [-0.4, -0.2) is 11.6 Å². The normalized spacial score (nSPS) is 12.8. The summed E-state index contributed by atoms with van der Waals surface area (Å²) in [6, 6.07) is 17.3. The third-order valence-corrected chi connectivity index (χ3v) is 5.78. The smallest absolute Gasteiger partial charge is 0.274 e. The molecule has 1 atom stereocenters. The highest BCUT2D eigenvalue weighted by Gasteiger charge is 2.17. The van der Waals surface area contributed by atoms with Crippen LogP contribution in [0.1, 0.15) is 51.2 Å². The monoisotopic (exact) mass is 367 g/mol. The number of rotatable bonds is 8. The molecule has 1 aromatic heterocycles. The lowest BCUT2D eigenvalue weighted by Crippen LogP contribution is -2.10. The van der Waals surface area contributed by atoms with Crippen LogP contribution in [0.3, 0.4) is 0 Å². The molecule has 0 bridgehead atoms. The molecule has 0 aliphatic heterocycles. The minimum absolute atomic E-state index is 0.642. The van der Waals surface area contributed by atoms with Gasteiger partial charge in [0.25, 0.3) is 5.19 Å². The number of hydrogen-bond acceptors (Lipinski definition) is 3. The Kier molecular flexibility index (Phi) is 6.31. The molecular formula is C23H29NOS. The van der Waals surface area contributed by atoms with Crippen molar-refractivity contribution >= 4 is 21.6 Å². The quantitative estimate of drug-likeness (QED) is 0.442. The summed E-state index contributed by atoms with van der Waals surface area (Å²) in [6.45, 7) is 9.94. The number of thiazole rings is 1. The molecule has 3 aromatic rings. The molecule has 1 unspecified atom stereocenters. The summed E-state index contributed by atoms with van der Waals surface area (Å²) in [4.78, 5) is 4.52. The number of hydrogen-bond donors (Lipinski definition) is 0. The van der Waals surface area contributed by atoms with Crippen LogP contribution in [-0.2, 0) is 6.42 Å². The second kappa shape index (κ2) is 8.68. The Morgan fingerprint density at radius 1 is 0.962 bits per heavy atom. The minimum Gasteiger partial charge on any atom is -0.470 e. The van der Waals surface area contributed by atoms with Gasteiger partial charge in [-0.05, 0) is 47.4 Å². The molecule has 26 heavy (non-hydrogen) atoms. The van der Waals surface area contributed by atoms with Crippen LogP contribution in [0.2, 0.25) is 0 Å². The van der Waals surface area contributed by atoms with Gasteiger partial charge in [-0.15, -0.1) is 0 Å². The Morgan fingerprint density at radius 2 is 1.69 bits per heavy atom. The number of para-hydroxylation sites is 1. The molecule has 3 rings (SSSR count). The predicted octanol–water partition coefficient (Wildman–Crippen LogP) is 6.70. The van der Waals surface area contributed by atoms with E-state index in [-0.39, 0.29) is 0 Å². The number of aromatic nitrogens is 1. The molecule has 1 heterocycles. The second-order valence-corrected chi connectivity index (χ2v) is 8.76. The van der Waals surface area contributed by atoms with E-state index in [4.69, 9.17) is 4.74 Å². The van der Waals surface area contributed by atoms with E-state index in [2.05, 4.69) is 63.0 Å². The molecule has 0 N–H and O–H groups in total. The third-order valence-electron chi connectivity index (χ3n) is 4.83. The first-order valence-corrected chi connectivity index (χ1v) is 10.4. The molecule has 0 spiro atoms. The van der Waals surface area contributed by atoms with Crippen molar-refractivity contribution < 1.29 is 4.74 Å². The number of benzene rings is 2. The fraction of sp³-hybridized carbons (Fsp3) is 0.435. The molecule has 3 heteroatoms. The molecular weight excluding hydrogens is 338 g/mol. The maximum absolute atomic E-state index is 5.87. The summed E-state index contributed by atoms with van der Waals surface area (Å²) >= 11 is 1.61. The lowest BCUT2D eigenvalue weighted by molar-refractivity contribution is 0.321. The summed E-state index contributed by atoms with van der Waals surface area (Å²) in [5.74, 6) is 2.04. The maximum Gasteiger partial charge on any atom is 0.274 e. The third kappa shape index (κ3) is 4.85. The van der Waals surface area contributed by atoms with Crippen molar-refractivity contribution in [2.75, 3.05) is 6.61 Å². The molecule has 2 aromatic carbocycles. The summed E-state index contributed by atoms with van der Waals surface area (Å²) in [5.41, 5.74) is 3.80. The van der Waals surface area contributed by atoms with Gasteiger partial charge in [-0.25, -0.2) is 4.98 Å². The SMILES string of the molecule is CC(C)CC(c1ccc(CCOc2nc3ccccc3s2)cc1)C(C)C. The summed E-state index contributed by atoms with van der Waals surface area (Å²) in [6.07, 6.45) is 2.16. The highest BCUT2D eigenvalue weighted by molar-refractivity contribution is 7.20. The van der Waals surface area contributed by atoms with Crippen molar-refractivity contribution in [3.8, 4) is 5.19 Å². The van der Waals surface area contributed by atoms with Crippen LogP contribution in [0.4, 0.5) is 0 Å². The summed E-state index contributed by atoms with van der Waals surface area (Å²) < 4.78 is 7.05. The van der Waals surface area contributed by atoms with Crippen molar-refractivity contribution in [1.82, 2.24) is 4.98 Å². The Balaban J connectivity index is 1.57. The predicted molar refractivity (Wildman–Crippen MR) is 112 cm³/mol. The molecule has 0 radical (unpaired) electrons. The standard InChI is InChI=1S/C23H29NOS/c1-16(2)15-20(17(3)4)19-11-9-18(10-12-19)13-14-25-23-24-21-7-5-6-8-22(21)26-23/h5-12,16-17,20H,13-15H2,1-4H3. The largest absolute Gasteiger partial charge is 0.470 e. The van der Waals surface area contributed by atoms with Gasteiger partial charge in [-0.3, -0.25) is 0 Å². The Bertz CT molecular complexity index is 787. The Morgan fingerprint density at radius 3 is 2.35 bits per heavy atom. The number of nitrogens with zero attached hydrogens (tertiary/aromatic N) is 1. The van der Waals surface area contributed by atoms with E-state index in [0.717, 1.165) is 23.0 Å². The van der Waals surface area contributed by atoms with Gasteiger partial charge in [0.1, 0.15) is 0 Å². The lowest BCUT2D eigenvalue weighted by Gasteiger charge is -2.23. The lowest BCUT2D eigenvalue weighted by atomic mass is 9.82. The van der Waals surface area contributed by atoms with Crippen molar-refractivity contribution in [3.05, 3.63) is 59.7 Å². The second-order valence-electron chi connectivity index (χ2n) is 7.77. The Labute approximate surface area is 161 Å². The van der Waals surface area contributed by atoms with E-state index in [1.54, 1.807) is 11.3 Å². The fourth-order valence-corrected chi connectivity index (χ4v) is 4.24. The molecule has 0 saturated carbocycles. The topological polar surface area (TPSA) is 22.1 Å². The average Bonchev–Trinajstić information content (AvgIpc) is 3.03. The average molecular weight is 368 g/mol. The van der Waals surface area contributed by atoms with Gasteiger partial charge in [-0.1, -0.05) is 75.4 Å². The first-order valence-electron chi connectivity index (χ1n) is 9.60. The molecule has 0 amide bonds. The van der Waals surface area contributed by atoms with Crippen LogP contribution < -0.4 is 4.74 Å². The zero-order chi connectivity index (χ0) is 18.5. The van der Waals surface area contributed by atoms with Crippen LogP contribution >= 0.6 is 11.3 Å². The molecule has 138 valence electrons. The van der Waals surface area contributed by atoms with Gasteiger partial charge in [0, 0.05) is 6.42 Å². The van der Waals surface area contributed by atoms with Gasteiger partial charge < -0.3 is 4.74 Å². The van der Waals surface area contributed by atoms with Crippen LogP contribution in [0.15, 0.2) is 48.5 Å². The van der Waals surface area contributed by atoms with Crippen LogP contribution in [0.5, 0.6) is 5.19 Å². The molecule has 0 saturated heterocycles. The summed E-state index contributed by atoms with van der Waals surface area (Å²) in [5, 5.41) is 0.764. The molecule has 0 fully saturated rings. The van der Waals surface area contributed by atoms with Gasteiger partial charge in [0.2, 0.25) is 0 Å². The highest BCUT2D eigenvalue weighted by atomic mass is 32.1. The first kappa shape index (κ1) is 18.9. The Hall–Kier alpha value is -1.87. The zero-order valence-electron chi connectivity index (χ0n) is 16.2. The van der Waals surface area contributed by atoms with E-state index in [1.165, 1.54) is 22.2 Å². The molecule has 2 nitrogen and oxygen atoms in total. The van der Waals surface area contributed by atoms with Crippen molar-refractivity contribution in [1.29, 1.82) is 0 Å². The van der Waals surface area contributed by atoms with Crippen molar-refractivity contribution in [2.24, 2.45) is 11.8 Å². The van der Waals surface area contributed by atoms with Gasteiger partial charge in [0.05, 0.1) is 16.8 Å². The number of fused-ring (bicyclic) bond motifs is 1. The van der Waals surface area contributed by atoms with Crippen molar-refractivity contribution in [3.63, 3.8) is 0 Å². The summed E-state index contributed by atoms with van der Waals surface area (Å²) in [7, 11) is 0. The van der Waals surface area contributed by atoms with Gasteiger partial charge >= 0.3 is 0 Å². The molecule has 0 aliphatic carbocycles. The van der Waals surface area contributed by atoms with E-state index >= 15 is 0 Å². The van der Waals surface area contributed by atoms with E-state index in [9.17, 15) is 0 Å². The fourth-order valence-electron chi connectivity index (χ4n) is 3.40. The van der Waals surface area contributed by atoms with E-state index in [1.807, 2.05) is 18.2 Å². The maximum atomic E-state index is 5.87. The molecule has 0 aliphatic rings. The van der Waals surface area contributed by atoms with E-state index in [0.29, 0.717) is 18.4 Å². The highest BCUT2D eigenvalue weighted by Crippen LogP contribution is 2.31.